The number of rotatable bonds is 6. The molecule has 1 rings (SSSR count). The van der Waals surface area contributed by atoms with Gasteiger partial charge in [0.15, 0.2) is 0 Å². The summed E-state index contributed by atoms with van der Waals surface area (Å²) < 4.78 is 4.88. The van der Waals surface area contributed by atoms with E-state index in [0.29, 0.717) is 12.6 Å². The van der Waals surface area contributed by atoms with Crippen molar-refractivity contribution in [3.8, 4) is 0 Å². The van der Waals surface area contributed by atoms with Gasteiger partial charge in [-0.1, -0.05) is 6.08 Å². The molecule has 98 valence electrons. The number of ketones is 1. The van der Waals surface area contributed by atoms with Gasteiger partial charge in [-0.25, -0.2) is 4.79 Å². The number of likely N-dealkylation sites (tertiary alicyclic amines) is 1. The molecule has 6 nitrogen and oxygen atoms in total. The first-order valence-corrected chi connectivity index (χ1v) is 5.87. The number of nitrogens with zero attached hydrogens (tertiary/aromatic N) is 3. The first kappa shape index (κ1) is 14.3. The smallest absolute Gasteiger partial charge is 0.441 e. The topological polar surface area (TPSA) is 83.0 Å². The van der Waals surface area contributed by atoms with Crippen LogP contribution in [0.1, 0.15) is 19.8 Å². The molecule has 0 aromatic carbocycles. The fraction of sp³-hybridized carbons (Fsp3) is 0.583. The third kappa shape index (κ3) is 3.61. The highest BCUT2D eigenvalue weighted by molar-refractivity contribution is 6.61. The first-order valence-electron chi connectivity index (χ1n) is 5.87. The monoisotopic (exact) mass is 251 g/mol. The van der Waals surface area contributed by atoms with Gasteiger partial charge in [-0.3, -0.25) is 9.69 Å². The third-order valence-electron chi connectivity index (χ3n) is 2.92. The summed E-state index contributed by atoms with van der Waals surface area (Å²) in [5.74, 6) is -1.51. The van der Waals surface area contributed by atoms with Crippen LogP contribution < -0.4 is 0 Å². The minimum Gasteiger partial charge on any atom is -0.455 e. The molecular weight excluding hydrogens is 234 g/mol. The number of ether oxygens (including phenoxy) is 1. The largest absolute Gasteiger partial charge is 0.455 e. The van der Waals surface area contributed by atoms with Crippen molar-refractivity contribution in [3.05, 3.63) is 18.2 Å². The zero-order valence-corrected chi connectivity index (χ0v) is 10.5. The lowest BCUT2D eigenvalue weighted by Gasteiger charge is -2.20. The number of hydrogen-bond donors (Lipinski definition) is 0. The standard InChI is InChI=1S/C12H17N3O3/c1-3-10-5-4-6-15(10)7-8-18-12(17)11(14-13)9(2)16/h3,10H,1,4-8H2,2H3. The molecule has 1 aliphatic rings. The summed E-state index contributed by atoms with van der Waals surface area (Å²) in [6, 6.07) is 0.322. The molecule has 18 heavy (non-hydrogen) atoms. The molecule has 0 aliphatic carbocycles. The van der Waals surface area contributed by atoms with Gasteiger partial charge in [-0.2, -0.15) is 4.79 Å². The highest BCUT2D eigenvalue weighted by Crippen LogP contribution is 2.16. The first-order chi connectivity index (χ1) is 8.60. The molecule has 0 aromatic heterocycles. The van der Waals surface area contributed by atoms with Gasteiger partial charge in [-0.05, 0) is 19.4 Å². The summed E-state index contributed by atoms with van der Waals surface area (Å²) in [5, 5.41) is 0. The van der Waals surface area contributed by atoms with Gasteiger partial charge >= 0.3 is 11.7 Å². The second kappa shape index (κ2) is 6.83. The van der Waals surface area contributed by atoms with Crippen LogP contribution in [0.2, 0.25) is 0 Å². The molecule has 6 heteroatoms. The zero-order chi connectivity index (χ0) is 13.5. The summed E-state index contributed by atoms with van der Waals surface area (Å²) in [6.07, 6.45) is 4.04. The SMILES string of the molecule is C=CC1CCCN1CCOC(=O)C(=[N+]=[N-])C(C)=O. The zero-order valence-electron chi connectivity index (χ0n) is 10.5. The second-order valence-electron chi connectivity index (χ2n) is 4.12. The van der Waals surface area contributed by atoms with Crippen LogP contribution in [0.5, 0.6) is 0 Å². The van der Waals surface area contributed by atoms with E-state index in [1.54, 1.807) is 0 Å². The fourth-order valence-corrected chi connectivity index (χ4v) is 1.98. The van der Waals surface area contributed by atoms with Gasteiger partial charge < -0.3 is 10.3 Å². The van der Waals surface area contributed by atoms with Crippen molar-refractivity contribution in [2.75, 3.05) is 19.7 Å². The molecule has 0 aromatic rings. The lowest BCUT2D eigenvalue weighted by Crippen LogP contribution is -2.33. The highest BCUT2D eigenvalue weighted by Gasteiger charge is 2.28. The Bertz CT molecular complexity index is 399. The van der Waals surface area contributed by atoms with Crippen molar-refractivity contribution in [2.45, 2.75) is 25.8 Å². The van der Waals surface area contributed by atoms with Gasteiger partial charge in [0, 0.05) is 19.5 Å². The number of esters is 1. The molecule has 0 saturated carbocycles. The second-order valence-corrected chi connectivity index (χ2v) is 4.12. The van der Waals surface area contributed by atoms with Gasteiger partial charge in [0.25, 0.3) is 0 Å². The van der Waals surface area contributed by atoms with Crippen LogP contribution in [0, 0.1) is 0 Å². The average Bonchev–Trinajstić information content (AvgIpc) is 2.77. The van der Waals surface area contributed by atoms with Crippen LogP contribution in [-0.2, 0) is 14.3 Å². The Hall–Kier alpha value is -1.78. The van der Waals surface area contributed by atoms with Gasteiger partial charge in [0.2, 0.25) is 5.78 Å². The van der Waals surface area contributed by atoms with E-state index in [0.717, 1.165) is 26.3 Å². The molecule has 1 atom stereocenters. The lowest BCUT2D eigenvalue weighted by molar-refractivity contribution is -0.142. The minimum atomic E-state index is -0.889. The minimum absolute atomic E-state index is 0.162. The Balaban J connectivity index is 2.38. The summed E-state index contributed by atoms with van der Waals surface area (Å²) in [7, 11) is 0. The normalized spacial score (nSPS) is 19.1. The van der Waals surface area contributed by atoms with E-state index in [1.165, 1.54) is 0 Å². The van der Waals surface area contributed by atoms with Crippen LogP contribution in [0.15, 0.2) is 12.7 Å². The summed E-state index contributed by atoms with van der Waals surface area (Å²) in [4.78, 5) is 27.1. The predicted octanol–water partition coefficient (Wildman–Crippen LogP) is 0.440. The molecular formula is C12H17N3O3. The van der Waals surface area contributed by atoms with Crippen molar-refractivity contribution in [3.63, 3.8) is 0 Å². The van der Waals surface area contributed by atoms with Crippen LogP contribution in [0.4, 0.5) is 0 Å². The Morgan fingerprint density at radius 1 is 1.61 bits per heavy atom. The molecule has 0 radical (unpaired) electrons. The summed E-state index contributed by atoms with van der Waals surface area (Å²) in [5.41, 5.74) is 7.93. The van der Waals surface area contributed by atoms with E-state index < -0.39 is 17.5 Å². The molecule has 1 aliphatic heterocycles. The van der Waals surface area contributed by atoms with E-state index in [2.05, 4.69) is 16.3 Å². The van der Waals surface area contributed by atoms with Gasteiger partial charge in [0.05, 0.1) is 0 Å². The van der Waals surface area contributed by atoms with Crippen molar-refractivity contribution >= 4 is 17.5 Å². The number of carbonyl (C=O) groups excluding carboxylic acids is 2. The molecule has 1 fully saturated rings. The maximum absolute atomic E-state index is 11.4. The molecule has 0 bridgehead atoms. The van der Waals surface area contributed by atoms with Crippen LogP contribution in [0.3, 0.4) is 0 Å². The Morgan fingerprint density at radius 3 is 2.89 bits per heavy atom. The van der Waals surface area contributed by atoms with E-state index in [4.69, 9.17) is 10.3 Å². The van der Waals surface area contributed by atoms with E-state index >= 15 is 0 Å². The van der Waals surface area contributed by atoms with Crippen LogP contribution in [0.25, 0.3) is 5.53 Å². The quantitative estimate of drug-likeness (QED) is 0.171. The third-order valence-corrected chi connectivity index (χ3v) is 2.92. The van der Waals surface area contributed by atoms with E-state index in [1.807, 2.05) is 6.08 Å². The van der Waals surface area contributed by atoms with Crippen molar-refractivity contribution in [1.29, 1.82) is 0 Å². The molecule has 1 saturated heterocycles. The Labute approximate surface area is 106 Å². The van der Waals surface area contributed by atoms with Crippen LogP contribution in [-0.4, -0.2) is 52.9 Å². The Kier molecular flexibility index (Phi) is 5.42. The predicted molar refractivity (Wildman–Crippen MR) is 65.1 cm³/mol. The number of hydrogen-bond acceptors (Lipinski definition) is 4. The van der Waals surface area contributed by atoms with Crippen molar-refractivity contribution in [2.24, 2.45) is 0 Å². The molecule has 0 spiro atoms. The number of carbonyl (C=O) groups is 2. The van der Waals surface area contributed by atoms with Gasteiger partial charge in [0.1, 0.15) is 6.61 Å². The van der Waals surface area contributed by atoms with Crippen molar-refractivity contribution in [1.82, 2.24) is 4.90 Å². The maximum atomic E-state index is 11.4. The van der Waals surface area contributed by atoms with E-state index in [-0.39, 0.29) is 6.61 Å². The fourth-order valence-electron chi connectivity index (χ4n) is 1.98. The van der Waals surface area contributed by atoms with Crippen LogP contribution >= 0.6 is 0 Å². The molecule has 1 heterocycles. The maximum Gasteiger partial charge on any atom is 0.441 e. The number of Topliss-reactive ketones (excluding diaryl/α,β-unsaturated/α-hetero) is 1. The summed E-state index contributed by atoms with van der Waals surface area (Å²) >= 11 is 0. The molecule has 1 unspecified atom stereocenters. The van der Waals surface area contributed by atoms with E-state index in [9.17, 15) is 9.59 Å². The highest BCUT2D eigenvalue weighted by atomic mass is 16.5. The molecule has 0 amide bonds. The molecule has 0 N–H and O–H groups in total. The van der Waals surface area contributed by atoms with Crippen molar-refractivity contribution < 1.29 is 19.1 Å². The Morgan fingerprint density at radius 2 is 2.33 bits per heavy atom. The van der Waals surface area contributed by atoms with Gasteiger partial charge in [-0.15, -0.1) is 6.58 Å². The average molecular weight is 251 g/mol. The lowest BCUT2D eigenvalue weighted by atomic mass is 10.2. The summed E-state index contributed by atoms with van der Waals surface area (Å²) in [6.45, 7) is 6.59.